The van der Waals surface area contributed by atoms with Crippen LogP contribution in [-0.4, -0.2) is 30.9 Å². The van der Waals surface area contributed by atoms with Crippen LogP contribution in [0.1, 0.15) is 31.2 Å². The molecule has 2 amide bonds. The van der Waals surface area contributed by atoms with Gasteiger partial charge < -0.3 is 4.90 Å². The standard InChI is InChI=1S/C23H24F2N2O2/c24-18-7-9-19(10-8-18)27-22(28)15-21(23(27)29)26-13-11-16(12-14-26)5-6-17-3-1-2-4-20(17)25/h1-4,7-10,16,21H,5-6,11-15H2/p+1/t21-/m0/s1. The first-order chi connectivity index (χ1) is 14.0. The number of carbonyl (C=O) groups is 2. The van der Waals surface area contributed by atoms with Gasteiger partial charge in [0.2, 0.25) is 5.91 Å². The van der Waals surface area contributed by atoms with Crippen LogP contribution < -0.4 is 9.80 Å². The lowest BCUT2D eigenvalue weighted by molar-refractivity contribution is -0.920. The Morgan fingerprint density at radius 3 is 2.34 bits per heavy atom. The van der Waals surface area contributed by atoms with E-state index in [1.807, 2.05) is 12.1 Å². The van der Waals surface area contributed by atoms with Gasteiger partial charge in [-0.15, -0.1) is 0 Å². The molecule has 4 nitrogen and oxygen atoms in total. The number of nitrogens with zero attached hydrogens (tertiary/aromatic N) is 1. The minimum Gasteiger partial charge on any atom is -0.324 e. The van der Waals surface area contributed by atoms with E-state index in [0.29, 0.717) is 11.6 Å². The number of quaternary nitrogens is 1. The Morgan fingerprint density at radius 2 is 1.66 bits per heavy atom. The fourth-order valence-corrected chi connectivity index (χ4v) is 4.56. The van der Waals surface area contributed by atoms with Crippen LogP contribution in [0.3, 0.4) is 0 Å². The lowest BCUT2D eigenvalue weighted by Crippen LogP contribution is -3.17. The van der Waals surface area contributed by atoms with Crippen molar-refractivity contribution in [3.05, 3.63) is 65.7 Å². The summed E-state index contributed by atoms with van der Waals surface area (Å²) in [6.45, 7) is 1.67. The van der Waals surface area contributed by atoms with Gasteiger partial charge in [-0.2, -0.15) is 0 Å². The minimum absolute atomic E-state index is 0.147. The first kappa shape index (κ1) is 19.7. The summed E-state index contributed by atoms with van der Waals surface area (Å²) in [7, 11) is 0. The van der Waals surface area contributed by atoms with Crippen LogP contribution in [-0.2, 0) is 16.0 Å². The maximum Gasteiger partial charge on any atom is 0.292 e. The predicted octanol–water partition coefficient (Wildman–Crippen LogP) is 2.52. The molecule has 2 saturated heterocycles. The molecule has 2 aromatic carbocycles. The summed E-state index contributed by atoms with van der Waals surface area (Å²) in [6.07, 6.45) is 3.81. The van der Waals surface area contributed by atoms with E-state index in [9.17, 15) is 18.4 Å². The van der Waals surface area contributed by atoms with E-state index >= 15 is 0 Å². The summed E-state index contributed by atoms with van der Waals surface area (Å²) >= 11 is 0. The van der Waals surface area contributed by atoms with Gasteiger partial charge in [-0.3, -0.25) is 9.59 Å². The van der Waals surface area contributed by atoms with E-state index in [1.165, 1.54) is 35.2 Å². The number of hydrogen-bond acceptors (Lipinski definition) is 2. The first-order valence-electron chi connectivity index (χ1n) is 10.2. The monoisotopic (exact) mass is 399 g/mol. The second-order valence-electron chi connectivity index (χ2n) is 8.03. The zero-order valence-corrected chi connectivity index (χ0v) is 16.2. The van der Waals surface area contributed by atoms with Crippen LogP contribution in [0.15, 0.2) is 48.5 Å². The average molecular weight is 399 g/mol. The molecule has 0 unspecified atom stereocenters. The molecule has 0 aliphatic carbocycles. The van der Waals surface area contributed by atoms with Crippen LogP contribution >= 0.6 is 0 Å². The zero-order valence-electron chi connectivity index (χ0n) is 16.2. The number of hydrogen-bond donors (Lipinski definition) is 1. The zero-order chi connectivity index (χ0) is 20.4. The van der Waals surface area contributed by atoms with Gasteiger partial charge in [-0.1, -0.05) is 18.2 Å². The smallest absolute Gasteiger partial charge is 0.292 e. The first-order valence-corrected chi connectivity index (χ1v) is 10.2. The van der Waals surface area contributed by atoms with E-state index in [4.69, 9.17) is 0 Å². The molecule has 2 aliphatic rings. The number of imide groups is 1. The van der Waals surface area contributed by atoms with Crippen LogP contribution in [0.25, 0.3) is 0 Å². The number of benzene rings is 2. The Bertz CT molecular complexity index is 892. The molecule has 1 atom stereocenters. The molecule has 2 aromatic rings. The molecule has 6 heteroatoms. The molecule has 152 valence electrons. The normalized spacial score (nSPS) is 24.9. The number of carbonyl (C=O) groups excluding carboxylic acids is 2. The number of nitrogens with one attached hydrogen (secondary N) is 1. The van der Waals surface area contributed by atoms with Crippen molar-refractivity contribution in [1.82, 2.24) is 0 Å². The Kier molecular flexibility index (Phi) is 5.72. The summed E-state index contributed by atoms with van der Waals surface area (Å²) < 4.78 is 26.9. The predicted molar refractivity (Wildman–Crippen MR) is 105 cm³/mol. The van der Waals surface area contributed by atoms with Crippen LogP contribution in [0.2, 0.25) is 0 Å². The fourth-order valence-electron chi connectivity index (χ4n) is 4.56. The maximum atomic E-state index is 13.8. The molecule has 0 bridgehead atoms. The molecule has 2 aliphatic heterocycles. The highest BCUT2D eigenvalue weighted by Crippen LogP contribution is 2.24. The van der Waals surface area contributed by atoms with E-state index in [-0.39, 0.29) is 30.1 Å². The number of halogens is 2. The molecule has 29 heavy (non-hydrogen) atoms. The molecular weight excluding hydrogens is 374 g/mol. The van der Waals surface area contributed by atoms with Crippen molar-refractivity contribution in [1.29, 1.82) is 0 Å². The lowest BCUT2D eigenvalue weighted by atomic mass is 9.89. The van der Waals surface area contributed by atoms with Gasteiger partial charge >= 0.3 is 0 Å². The van der Waals surface area contributed by atoms with Gasteiger partial charge in [-0.05, 0) is 67.5 Å². The maximum absolute atomic E-state index is 13.8. The minimum atomic E-state index is -0.396. The van der Waals surface area contributed by atoms with Gasteiger partial charge in [-0.25, -0.2) is 13.7 Å². The van der Waals surface area contributed by atoms with E-state index in [1.54, 1.807) is 6.07 Å². The van der Waals surface area contributed by atoms with Crippen molar-refractivity contribution in [2.24, 2.45) is 5.92 Å². The number of amides is 2. The fraction of sp³-hybridized carbons (Fsp3) is 0.391. The number of piperidine rings is 1. The summed E-state index contributed by atoms with van der Waals surface area (Å²) in [5, 5.41) is 0. The lowest BCUT2D eigenvalue weighted by Gasteiger charge is -2.32. The van der Waals surface area contributed by atoms with Crippen molar-refractivity contribution >= 4 is 17.5 Å². The van der Waals surface area contributed by atoms with Crippen molar-refractivity contribution < 1.29 is 23.3 Å². The molecular formula is C23H25F2N2O2+. The van der Waals surface area contributed by atoms with E-state index < -0.39 is 5.82 Å². The van der Waals surface area contributed by atoms with Crippen molar-refractivity contribution in [3.63, 3.8) is 0 Å². The average Bonchev–Trinajstić information content (AvgIpc) is 3.03. The Morgan fingerprint density at radius 1 is 0.966 bits per heavy atom. The van der Waals surface area contributed by atoms with Crippen molar-refractivity contribution in [2.75, 3.05) is 18.0 Å². The quantitative estimate of drug-likeness (QED) is 0.785. The molecule has 0 radical (unpaired) electrons. The van der Waals surface area contributed by atoms with Crippen molar-refractivity contribution in [3.8, 4) is 0 Å². The topological polar surface area (TPSA) is 41.8 Å². The Labute approximate surface area is 169 Å². The van der Waals surface area contributed by atoms with Gasteiger partial charge in [0.25, 0.3) is 5.91 Å². The highest BCUT2D eigenvalue weighted by atomic mass is 19.1. The Hall–Kier alpha value is -2.60. The number of likely N-dealkylation sites (tertiary alicyclic amines) is 1. The van der Waals surface area contributed by atoms with Gasteiger partial charge in [0.15, 0.2) is 6.04 Å². The second kappa shape index (κ2) is 8.41. The van der Waals surface area contributed by atoms with Gasteiger partial charge in [0, 0.05) is 0 Å². The molecule has 2 heterocycles. The summed E-state index contributed by atoms with van der Waals surface area (Å²) in [5.74, 6) is -0.444. The molecule has 4 rings (SSSR count). The molecule has 0 aromatic heterocycles. The highest BCUT2D eigenvalue weighted by molar-refractivity contribution is 6.21. The molecule has 2 fully saturated rings. The summed E-state index contributed by atoms with van der Waals surface area (Å²) in [4.78, 5) is 27.7. The molecule has 1 N–H and O–H groups in total. The summed E-state index contributed by atoms with van der Waals surface area (Å²) in [6, 6.07) is 12.0. The number of anilines is 1. The third-order valence-electron chi connectivity index (χ3n) is 6.25. The van der Waals surface area contributed by atoms with Crippen LogP contribution in [0.4, 0.5) is 14.5 Å². The van der Waals surface area contributed by atoms with Crippen LogP contribution in [0.5, 0.6) is 0 Å². The second-order valence-corrected chi connectivity index (χ2v) is 8.03. The summed E-state index contributed by atoms with van der Waals surface area (Å²) in [5.41, 5.74) is 1.19. The molecule has 0 spiro atoms. The van der Waals surface area contributed by atoms with E-state index in [2.05, 4.69) is 0 Å². The SMILES string of the molecule is O=C1C[C@H]([NH+]2CCC(CCc3ccccc3F)CC2)C(=O)N1c1ccc(F)cc1. The van der Waals surface area contributed by atoms with Crippen LogP contribution in [0, 0.1) is 17.6 Å². The largest absolute Gasteiger partial charge is 0.324 e. The van der Waals surface area contributed by atoms with E-state index in [0.717, 1.165) is 49.2 Å². The number of aryl methyl sites for hydroxylation is 1. The third kappa shape index (κ3) is 4.22. The number of rotatable bonds is 5. The Balaban J connectivity index is 1.33. The van der Waals surface area contributed by atoms with Gasteiger partial charge in [0.1, 0.15) is 11.6 Å². The third-order valence-corrected chi connectivity index (χ3v) is 6.25. The molecule has 0 saturated carbocycles. The van der Waals surface area contributed by atoms with Crippen molar-refractivity contribution in [2.45, 2.75) is 38.1 Å². The van der Waals surface area contributed by atoms with Gasteiger partial charge in [0.05, 0.1) is 25.2 Å². The highest BCUT2D eigenvalue weighted by Gasteiger charge is 2.46.